The summed E-state index contributed by atoms with van der Waals surface area (Å²) in [6, 6.07) is 14.6. The maximum Gasteiger partial charge on any atom is 0.251 e. The summed E-state index contributed by atoms with van der Waals surface area (Å²) in [4.78, 5) is 14.5. The number of nitrogen functional groups attached to an aromatic ring is 1. The van der Waals surface area contributed by atoms with Gasteiger partial charge in [-0.3, -0.25) is 4.79 Å². The number of hydrogen-bond acceptors (Lipinski definition) is 3. The third-order valence-corrected chi connectivity index (χ3v) is 4.37. The molecular formula is C24H27N3O. The molecule has 0 spiro atoms. The molecule has 0 fully saturated rings. The molecule has 4 heteroatoms. The summed E-state index contributed by atoms with van der Waals surface area (Å²) >= 11 is 0. The normalized spacial score (nSPS) is 9.82. The van der Waals surface area contributed by atoms with E-state index in [1.54, 1.807) is 12.1 Å². The predicted molar refractivity (Wildman–Crippen MR) is 116 cm³/mol. The van der Waals surface area contributed by atoms with Crippen molar-refractivity contribution in [1.82, 2.24) is 10.2 Å². The molecule has 2 aromatic rings. The van der Waals surface area contributed by atoms with Gasteiger partial charge in [-0.2, -0.15) is 0 Å². The van der Waals surface area contributed by atoms with E-state index in [0.29, 0.717) is 17.8 Å². The fraction of sp³-hybridized carbons (Fsp3) is 0.292. The Morgan fingerprint density at radius 2 is 1.46 bits per heavy atom. The second-order valence-electron chi connectivity index (χ2n) is 6.34. The van der Waals surface area contributed by atoms with Crippen LogP contribution in [0.3, 0.4) is 0 Å². The number of hydrogen-bond donors (Lipinski definition) is 2. The quantitative estimate of drug-likeness (QED) is 0.445. The molecule has 28 heavy (non-hydrogen) atoms. The van der Waals surface area contributed by atoms with Crippen LogP contribution in [0.15, 0.2) is 48.5 Å². The second-order valence-corrected chi connectivity index (χ2v) is 6.34. The lowest BCUT2D eigenvalue weighted by atomic mass is 10.1. The number of nitrogens with two attached hydrogens (primary N) is 1. The van der Waals surface area contributed by atoms with Crippen LogP contribution in [0.1, 0.15) is 41.8 Å². The maximum atomic E-state index is 12.2. The van der Waals surface area contributed by atoms with E-state index in [0.717, 1.165) is 37.2 Å². The molecule has 0 aliphatic rings. The van der Waals surface area contributed by atoms with Gasteiger partial charge >= 0.3 is 0 Å². The summed E-state index contributed by atoms with van der Waals surface area (Å²) in [5.74, 6) is 11.6. The highest BCUT2D eigenvalue weighted by Gasteiger charge is 2.05. The smallest absolute Gasteiger partial charge is 0.251 e. The van der Waals surface area contributed by atoms with Crippen LogP contribution in [0.2, 0.25) is 0 Å². The van der Waals surface area contributed by atoms with Crippen molar-refractivity contribution in [2.45, 2.75) is 20.3 Å². The molecule has 0 atom stereocenters. The zero-order valence-electron chi connectivity index (χ0n) is 16.6. The molecule has 0 unspecified atom stereocenters. The fourth-order valence-corrected chi connectivity index (χ4v) is 2.62. The van der Waals surface area contributed by atoms with Gasteiger partial charge in [0.05, 0.1) is 0 Å². The van der Waals surface area contributed by atoms with Gasteiger partial charge in [0, 0.05) is 28.9 Å². The van der Waals surface area contributed by atoms with Gasteiger partial charge in [-0.1, -0.05) is 25.7 Å². The van der Waals surface area contributed by atoms with Gasteiger partial charge in [-0.15, -0.1) is 0 Å². The van der Waals surface area contributed by atoms with E-state index < -0.39 is 0 Å². The van der Waals surface area contributed by atoms with Gasteiger partial charge in [-0.25, -0.2) is 0 Å². The van der Waals surface area contributed by atoms with E-state index in [1.807, 2.05) is 36.4 Å². The van der Waals surface area contributed by atoms with E-state index in [9.17, 15) is 4.79 Å². The molecule has 0 saturated heterocycles. The number of nitrogens with zero attached hydrogens (tertiary/aromatic N) is 1. The van der Waals surface area contributed by atoms with Gasteiger partial charge < -0.3 is 16.0 Å². The summed E-state index contributed by atoms with van der Waals surface area (Å²) in [7, 11) is 0. The predicted octanol–water partition coefficient (Wildman–Crippen LogP) is 3.13. The van der Waals surface area contributed by atoms with Crippen molar-refractivity contribution >= 4 is 11.6 Å². The van der Waals surface area contributed by atoms with Crippen molar-refractivity contribution in [3.05, 3.63) is 65.2 Å². The fourth-order valence-electron chi connectivity index (χ4n) is 2.62. The molecule has 0 bridgehead atoms. The van der Waals surface area contributed by atoms with Gasteiger partial charge in [0.25, 0.3) is 5.91 Å². The lowest BCUT2D eigenvalue weighted by Gasteiger charge is -2.17. The summed E-state index contributed by atoms with van der Waals surface area (Å²) < 4.78 is 0. The molecule has 1 amide bonds. The lowest BCUT2D eigenvalue weighted by Crippen LogP contribution is -2.29. The van der Waals surface area contributed by atoms with Crippen LogP contribution in [-0.4, -0.2) is 37.0 Å². The third-order valence-electron chi connectivity index (χ3n) is 4.37. The molecule has 0 heterocycles. The Morgan fingerprint density at radius 3 is 2.00 bits per heavy atom. The average molecular weight is 374 g/mol. The Bertz CT molecular complexity index is 874. The first-order valence-corrected chi connectivity index (χ1v) is 9.60. The van der Waals surface area contributed by atoms with Gasteiger partial charge in [0.15, 0.2) is 0 Å². The van der Waals surface area contributed by atoms with Crippen molar-refractivity contribution in [2.75, 3.05) is 31.9 Å². The monoisotopic (exact) mass is 373 g/mol. The van der Waals surface area contributed by atoms with Gasteiger partial charge in [0.2, 0.25) is 0 Å². The zero-order chi connectivity index (χ0) is 20.2. The van der Waals surface area contributed by atoms with E-state index in [-0.39, 0.29) is 5.91 Å². The highest BCUT2D eigenvalue weighted by molar-refractivity contribution is 5.94. The Kier molecular flexibility index (Phi) is 8.66. The summed E-state index contributed by atoms with van der Waals surface area (Å²) in [5.41, 5.74) is 8.69. The van der Waals surface area contributed by atoms with Crippen molar-refractivity contribution in [1.29, 1.82) is 0 Å². The third kappa shape index (κ3) is 7.19. The number of nitrogens with one attached hydrogen (secondary N) is 1. The summed E-state index contributed by atoms with van der Waals surface area (Å²) in [5, 5.41) is 2.96. The number of benzene rings is 2. The van der Waals surface area contributed by atoms with E-state index in [1.165, 1.54) is 0 Å². The maximum absolute atomic E-state index is 12.2. The Labute approximate surface area is 168 Å². The van der Waals surface area contributed by atoms with Crippen LogP contribution in [-0.2, 0) is 0 Å². The number of carbonyl (C=O) groups is 1. The van der Waals surface area contributed by atoms with Crippen molar-refractivity contribution in [3.8, 4) is 23.7 Å². The van der Waals surface area contributed by atoms with E-state index in [4.69, 9.17) is 5.73 Å². The molecule has 3 N–H and O–H groups in total. The second kappa shape index (κ2) is 11.5. The first-order chi connectivity index (χ1) is 13.6. The van der Waals surface area contributed by atoms with Crippen LogP contribution in [0, 0.1) is 23.7 Å². The molecular weight excluding hydrogens is 346 g/mol. The molecule has 144 valence electrons. The first kappa shape index (κ1) is 21.1. The Balaban J connectivity index is 1.83. The van der Waals surface area contributed by atoms with Crippen LogP contribution >= 0.6 is 0 Å². The van der Waals surface area contributed by atoms with Crippen LogP contribution in [0.5, 0.6) is 0 Å². The zero-order valence-corrected chi connectivity index (χ0v) is 16.6. The summed E-state index contributed by atoms with van der Waals surface area (Å²) in [6.07, 6.45) is 0.948. The topological polar surface area (TPSA) is 58.4 Å². The van der Waals surface area contributed by atoms with Crippen molar-refractivity contribution in [3.63, 3.8) is 0 Å². The van der Waals surface area contributed by atoms with E-state index in [2.05, 4.69) is 47.7 Å². The summed E-state index contributed by atoms with van der Waals surface area (Å²) in [6.45, 7) is 8.05. The highest BCUT2D eigenvalue weighted by Crippen LogP contribution is 2.04. The average Bonchev–Trinajstić information content (AvgIpc) is 2.73. The number of amides is 1. The van der Waals surface area contributed by atoms with Crippen molar-refractivity contribution in [2.24, 2.45) is 0 Å². The van der Waals surface area contributed by atoms with E-state index >= 15 is 0 Å². The first-order valence-electron chi connectivity index (χ1n) is 9.60. The van der Waals surface area contributed by atoms with Gasteiger partial charge in [0.1, 0.15) is 0 Å². The minimum absolute atomic E-state index is 0.0535. The highest BCUT2D eigenvalue weighted by atomic mass is 16.1. The number of anilines is 1. The minimum atomic E-state index is -0.0535. The molecule has 2 aromatic carbocycles. The number of carbonyl (C=O) groups excluding carboxylic acids is 1. The standard InChI is InChI=1S/C24H27N3O/c1-3-27(4-2)19-7-18-26-24(28)22-14-10-20(11-15-22)8-5-6-9-21-12-16-23(25)17-13-21/h10-17H,3-4,7,18-19,25H2,1-2H3,(H,26,28). The van der Waals surface area contributed by atoms with Crippen molar-refractivity contribution < 1.29 is 4.79 Å². The number of rotatable bonds is 7. The molecule has 4 nitrogen and oxygen atoms in total. The van der Waals surface area contributed by atoms with Crippen LogP contribution in [0.25, 0.3) is 0 Å². The largest absolute Gasteiger partial charge is 0.399 e. The minimum Gasteiger partial charge on any atom is -0.399 e. The Hall–Kier alpha value is -3.21. The van der Waals surface area contributed by atoms with Crippen LogP contribution < -0.4 is 11.1 Å². The molecule has 2 rings (SSSR count). The lowest BCUT2D eigenvalue weighted by molar-refractivity contribution is 0.0952. The SMILES string of the molecule is CCN(CC)CCCNC(=O)c1ccc(C#CC#Cc2ccc(N)cc2)cc1. The molecule has 0 aromatic heterocycles. The molecule has 0 radical (unpaired) electrons. The molecule has 0 saturated carbocycles. The Morgan fingerprint density at radius 1 is 0.929 bits per heavy atom. The van der Waals surface area contributed by atoms with Crippen LogP contribution in [0.4, 0.5) is 5.69 Å². The van der Waals surface area contributed by atoms with Gasteiger partial charge in [-0.05, 0) is 86.4 Å². The molecule has 0 aliphatic heterocycles. The molecule has 0 aliphatic carbocycles.